The molecule has 0 fully saturated rings. The van der Waals surface area contributed by atoms with E-state index in [0.29, 0.717) is 0 Å². The average Bonchev–Trinajstić information content (AvgIpc) is 2.82. The molecule has 0 aliphatic rings. The van der Waals surface area contributed by atoms with Gasteiger partial charge in [0.05, 0.1) is 6.20 Å². The predicted molar refractivity (Wildman–Crippen MR) is 77.4 cm³/mol. The number of hydrogen-bond acceptors (Lipinski definition) is 3. The van der Waals surface area contributed by atoms with Gasteiger partial charge in [-0.1, -0.05) is 30.3 Å². The van der Waals surface area contributed by atoms with E-state index in [1.54, 1.807) is 0 Å². The van der Waals surface area contributed by atoms with Crippen molar-refractivity contribution in [1.29, 1.82) is 0 Å². The summed E-state index contributed by atoms with van der Waals surface area (Å²) in [5, 5.41) is 4.22. The molecule has 0 unspecified atom stereocenters. The first-order valence-corrected chi connectivity index (χ1v) is 6.72. The third-order valence-corrected chi connectivity index (χ3v) is 3.09. The van der Waals surface area contributed by atoms with Crippen LogP contribution in [0.1, 0.15) is 17.5 Å². The number of nitrogens with two attached hydrogens (primary N) is 1. The zero-order chi connectivity index (χ0) is 13.5. The summed E-state index contributed by atoms with van der Waals surface area (Å²) in [5.41, 5.74) is 8.21. The van der Waals surface area contributed by atoms with Gasteiger partial charge in [0.25, 0.3) is 0 Å². The lowest BCUT2D eigenvalue weighted by atomic mass is 10.2. The Labute approximate surface area is 114 Å². The Morgan fingerprint density at radius 1 is 1.16 bits per heavy atom. The van der Waals surface area contributed by atoms with Gasteiger partial charge in [0.1, 0.15) is 0 Å². The Kier molecular flexibility index (Phi) is 5.12. The summed E-state index contributed by atoms with van der Waals surface area (Å²) in [4.78, 5) is 2.42. The molecule has 2 aromatic rings. The largest absolute Gasteiger partial charge is 0.330 e. The predicted octanol–water partition coefficient (Wildman–Crippen LogP) is 1.77. The van der Waals surface area contributed by atoms with Crippen molar-refractivity contribution in [3.63, 3.8) is 0 Å². The summed E-state index contributed by atoms with van der Waals surface area (Å²) in [6.07, 6.45) is 5.02. The molecule has 4 heteroatoms. The summed E-state index contributed by atoms with van der Waals surface area (Å²) in [6, 6.07) is 10.5. The van der Waals surface area contributed by atoms with Gasteiger partial charge < -0.3 is 5.73 Å². The average molecular weight is 258 g/mol. The first-order valence-electron chi connectivity index (χ1n) is 6.72. The maximum absolute atomic E-state index is 5.62. The molecule has 1 aromatic carbocycles. The number of aryl methyl sites for hydroxylation is 1. The Hall–Kier alpha value is -1.65. The van der Waals surface area contributed by atoms with Crippen LogP contribution in [0.2, 0.25) is 0 Å². The van der Waals surface area contributed by atoms with Gasteiger partial charge in [-0.15, -0.1) is 0 Å². The number of benzene rings is 1. The van der Waals surface area contributed by atoms with E-state index in [9.17, 15) is 0 Å². The molecule has 2 N–H and O–H groups in total. The molecule has 0 aliphatic heterocycles. The van der Waals surface area contributed by atoms with Gasteiger partial charge in [0.2, 0.25) is 0 Å². The highest BCUT2D eigenvalue weighted by Crippen LogP contribution is 2.09. The van der Waals surface area contributed by atoms with Crippen molar-refractivity contribution in [2.45, 2.75) is 19.5 Å². The van der Waals surface area contributed by atoms with E-state index in [1.165, 1.54) is 11.1 Å². The molecule has 4 nitrogen and oxygen atoms in total. The second-order valence-corrected chi connectivity index (χ2v) is 4.86. The van der Waals surface area contributed by atoms with Gasteiger partial charge in [0, 0.05) is 38.4 Å². The van der Waals surface area contributed by atoms with Crippen LogP contribution in [0.25, 0.3) is 0 Å². The molecule has 0 saturated heterocycles. The smallest absolute Gasteiger partial charge is 0.0534 e. The van der Waals surface area contributed by atoms with Crippen LogP contribution in [-0.4, -0.2) is 27.8 Å². The summed E-state index contributed by atoms with van der Waals surface area (Å²) < 4.78 is 1.85. The lowest BCUT2D eigenvalue weighted by Gasteiger charge is -2.21. The molecule has 1 heterocycles. The van der Waals surface area contributed by atoms with E-state index in [1.807, 2.05) is 17.9 Å². The number of aromatic nitrogens is 2. The van der Waals surface area contributed by atoms with Gasteiger partial charge in [0.15, 0.2) is 0 Å². The summed E-state index contributed by atoms with van der Waals surface area (Å²) >= 11 is 0. The molecule has 0 radical (unpaired) electrons. The maximum atomic E-state index is 5.62. The van der Waals surface area contributed by atoms with Crippen LogP contribution in [0, 0.1) is 0 Å². The van der Waals surface area contributed by atoms with E-state index in [4.69, 9.17) is 5.73 Å². The van der Waals surface area contributed by atoms with E-state index < -0.39 is 0 Å². The second-order valence-electron chi connectivity index (χ2n) is 4.86. The molecule has 0 bridgehead atoms. The topological polar surface area (TPSA) is 47.1 Å². The van der Waals surface area contributed by atoms with Gasteiger partial charge in [-0.2, -0.15) is 5.10 Å². The highest BCUT2D eigenvalue weighted by atomic mass is 15.2. The molecule has 0 aliphatic carbocycles. The van der Waals surface area contributed by atoms with E-state index >= 15 is 0 Å². The minimum Gasteiger partial charge on any atom is -0.330 e. The van der Waals surface area contributed by atoms with Crippen molar-refractivity contribution in [3.05, 3.63) is 53.9 Å². The molecule has 0 atom stereocenters. The molecular weight excluding hydrogens is 236 g/mol. The van der Waals surface area contributed by atoms with Crippen molar-refractivity contribution in [1.82, 2.24) is 14.7 Å². The lowest BCUT2D eigenvalue weighted by molar-refractivity contribution is 0.255. The van der Waals surface area contributed by atoms with Crippen molar-refractivity contribution in [2.75, 3.05) is 13.1 Å². The van der Waals surface area contributed by atoms with Crippen molar-refractivity contribution in [3.8, 4) is 0 Å². The molecule has 2 rings (SSSR count). The molecule has 19 heavy (non-hydrogen) atoms. The minimum absolute atomic E-state index is 0.734. The summed E-state index contributed by atoms with van der Waals surface area (Å²) in [7, 11) is 1.95. The normalized spacial score (nSPS) is 11.1. The van der Waals surface area contributed by atoms with E-state index in [2.05, 4.69) is 46.5 Å². The molecule has 102 valence electrons. The monoisotopic (exact) mass is 258 g/mol. The van der Waals surface area contributed by atoms with Gasteiger partial charge in [-0.3, -0.25) is 9.58 Å². The number of rotatable bonds is 7. The van der Waals surface area contributed by atoms with Gasteiger partial charge in [-0.05, 0) is 18.5 Å². The Bertz CT molecular complexity index is 478. The summed E-state index contributed by atoms with van der Waals surface area (Å²) in [6.45, 7) is 3.62. The number of nitrogens with zero attached hydrogens (tertiary/aromatic N) is 3. The van der Waals surface area contributed by atoms with Crippen LogP contribution in [0.15, 0.2) is 42.7 Å². The zero-order valence-corrected chi connectivity index (χ0v) is 11.5. The Morgan fingerprint density at radius 3 is 2.53 bits per heavy atom. The van der Waals surface area contributed by atoms with Crippen LogP contribution < -0.4 is 5.73 Å². The lowest BCUT2D eigenvalue weighted by Crippen LogP contribution is -2.25. The highest BCUT2D eigenvalue weighted by molar-refractivity contribution is 5.15. The maximum Gasteiger partial charge on any atom is 0.0534 e. The first kappa shape index (κ1) is 13.8. The zero-order valence-electron chi connectivity index (χ0n) is 11.5. The fourth-order valence-electron chi connectivity index (χ4n) is 2.18. The second kappa shape index (κ2) is 7.07. The third-order valence-electron chi connectivity index (χ3n) is 3.09. The fraction of sp³-hybridized carbons (Fsp3) is 0.400. The quantitative estimate of drug-likeness (QED) is 0.823. The number of hydrogen-bond donors (Lipinski definition) is 1. The summed E-state index contributed by atoms with van der Waals surface area (Å²) in [5.74, 6) is 0. The molecule has 0 saturated carbocycles. The molecule has 0 spiro atoms. The van der Waals surface area contributed by atoms with Gasteiger partial charge >= 0.3 is 0 Å². The Morgan fingerprint density at radius 2 is 1.89 bits per heavy atom. The highest BCUT2D eigenvalue weighted by Gasteiger charge is 2.07. The van der Waals surface area contributed by atoms with Crippen molar-refractivity contribution in [2.24, 2.45) is 12.8 Å². The van der Waals surface area contributed by atoms with Gasteiger partial charge in [-0.25, -0.2) is 0 Å². The minimum atomic E-state index is 0.734. The van der Waals surface area contributed by atoms with Crippen molar-refractivity contribution >= 4 is 0 Å². The van der Waals surface area contributed by atoms with Crippen LogP contribution >= 0.6 is 0 Å². The van der Waals surface area contributed by atoms with Crippen LogP contribution in [0.5, 0.6) is 0 Å². The SMILES string of the molecule is Cn1cc(CN(CCCN)Cc2ccccc2)cn1. The fourth-order valence-corrected chi connectivity index (χ4v) is 2.18. The molecular formula is C15H22N4. The third kappa shape index (κ3) is 4.50. The van der Waals surface area contributed by atoms with Crippen LogP contribution in [0.3, 0.4) is 0 Å². The molecule has 0 amide bonds. The van der Waals surface area contributed by atoms with Crippen LogP contribution in [-0.2, 0) is 20.1 Å². The first-order chi connectivity index (χ1) is 9.28. The standard InChI is InChI=1S/C15H22N4/c1-18-11-15(10-17-18)13-19(9-5-8-16)12-14-6-3-2-4-7-14/h2-4,6-7,10-11H,5,8-9,12-13,16H2,1H3. The van der Waals surface area contributed by atoms with E-state index in [0.717, 1.165) is 32.6 Å². The van der Waals surface area contributed by atoms with Crippen molar-refractivity contribution < 1.29 is 0 Å². The van der Waals surface area contributed by atoms with E-state index in [-0.39, 0.29) is 0 Å². The molecule has 1 aromatic heterocycles. The Balaban J connectivity index is 1.99. The van der Waals surface area contributed by atoms with Crippen LogP contribution in [0.4, 0.5) is 0 Å².